The van der Waals surface area contributed by atoms with Gasteiger partial charge in [0.2, 0.25) is 5.91 Å². The van der Waals surface area contributed by atoms with Gasteiger partial charge in [0.1, 0.15) is 0 Å². The summed E-state index contributed by atoms with van der Waals surface area (Å²) in [6, 6.07) is -0.631. The van der Waals surface area contributed by atoms with E-state index in [-0.39, 0.29) is 18.5 Å². The van der Waals surface area contributed by atoms with Gasteiger partial charge in [-0.3, -0.25) is 9.59 Å². The van der Waals surface area contributed by atoms with E-state index in [1.807, 2.05) is 6.08 Å². The first-order valence-corrected chi connectivity index (χ1v) is 32.6. The molecule has 1 amide bonds. The smallest absolute Gasteiger partial charge is 0.305 e. The van der Waals surface area contributed by atoms with Crippen molar-refractivity contribution < 1.29 is 24.5 Å². The molecule has 0 aromatic heterocycles. The van der Waals surface area contributed by atoms with Crippen molar-refractivity contribution in [1.29, 1.82) is 0 Å². The maximum absolute atomic E-state index is 12.5. The first kappa shape index (κ1) is 71.6. The molecular weight excluding hydrogens is 911 g/mol. The van der Waals surface area contributed by atoms with Gasteiger partial charge >= 0.3 is 5.97 Å². The van der Waals surface area contributed by atoms with Crippen LogP contribution < -0.4 is 5.32 Å². The molecule has 0 aromatic rings. The number of carbonyl (C=O) groups is 2. The minimum absolute atomic E-state index is 0.00370. The number of hydrogen-bond acceptors (Lipinski definition) is 5. The van der Waals surface area contributed by atoms with Gasteiger partial charge in [0, 0.05) is 12.8 Å². The lowest BCUT2D eigenvalue weighted by Crippen LogP contribution is -2.45. The van der Waals surface area contributed by atoms with Crippen LogP contribution in [0.15, 0.2) is 60.8 Å². The molecule has 432 valence electrons. The van der Waals surface area contributed by atoms with E-state index >= 15 is 0 Å². The molecule has 3 N–H and O–H groups in total. The third kappa shape index (κ3) is 58.8. The summed E-state index contributed by atoms with van der Waals surface area (Å²) in [6.07, 6.45) is 82.7. The molecule has 6 heteroatoms. The standard InChI is InChI=1S/C68H125NO5/c1-3-5-7-9-11-13-15-17-19-34-38-42-46-50-54-58-62-68(73)74-63-59-55-51-47-43-39-35-32-30-28-26-24-22-20-21-23-25-27-29-31-33-37-41-45-49-53-57-61-67(72)69-65(64-70)66(71)60-56-52-48-44-40-36-18-16-14-12-10-8-6-4-2/h13,15,19-21,24,26,34,56,60,65-66,70-71H,3-12,14,16-18,22-23,25,27-33,35-55,57-59,61-64H2,1-2H3,(H,69,72)/b15-13-,21-20-,26-24-,34-19-,60-56+. The highest BCUT2D eigenvalue weighted by atomic mass is 16.5. The Labute approximate surface area is 460 Å². The van der Waals surface area contributed by atoms with Gasteiger partial charge in [0.05, 0.1) is 25.4 Å². The van der Waals surface area contributed by atoms with Crippen molar-refractivity contribution in [3.05, 3.63) is 60.8 Å². The molecule has 0 fully saturated rings. The molecule has 0 aliphatic heterocycles. The van der Waals surface area contributed by atoms with E-state index in [0.29, 0.717) is 19.4 Å². The van der Waals surface area contributed by atoms with Crippen LogP contribution in [-0.4, -0.2) is 47.4 Å². The van der Waals surface area contributed by atoms with Crippen LogP contribution in [0.3, 0.4) is 0 Å². The fourth-order valence-electron chi connectivity index (χ4n) is 9.75. The van der Waals surface area contributed by atoms with Crippen LogP contribution in [0.1, 0.15) is 335 Å². The predicted octanol–water partition coefficient (Wildman–Crippen LogP) is 20.7. The Morgan fingerprint density at radius 3 is 1.04 bits per heavy atom. The number of aliphatic hydroxyl groups excluding tert-OH is 2. The largest absolute Gasteiger partial charge is 0.466 e. The topological polar surface area (TPSA) is 95.9 Å². The third-order valence-electron chi connectivity index (χ3n) is 14.8. The van der Waals surface area contributed by atoms with Gasteiger partial charge in [-0.2, -0.15) is 0 Å². The normalized spacial score (nSPS) is 13.0. The van der Waals surface area contributed by atoms with Crippen molar-refractivity contribution >= 4 is 11.9 Å². The van der Waals surface area contributed by atoms with Crippen LogP contribution in [0.2, 0.25) is 0 Å². The van der Waals surface area contributed by atoms with Gasteiger partial charge < -0.3 is 20.3 Å². The Kier molecular flexibility index (Phi) is 61.0. The molecule has 0 aliphatic carbocycles. The molecule has 0 bridgehead atoms. The van der Waals surface area contributed by atoms with Crippen molar-refractivity contribution in [2.75, 3.05) is 13.2 Å². The summed E-state index contributed by atoms with van der Waals surface area (Å²) in [5.74, 6) is -0.0749. The second-order valence-corrected chi connectivity index (χ2v) is 22.1. The van der Waals surface area contributed by atoms with E-state index in [0.717, 1.165) is 57.8 Å². The summed E-state index contributed by atoms with van der Waals surface area (Å²) in [5.41, 5.74) is 0. The zero-order chi connectivity index (χ0) is 53.6. The van der Waals surface area contributed by atoms with Gasteiger partial charge in [-0.25, -0.2) is 0 Å². The summed E-state index contributed by atoms with van der Waals surface area (Å²) in [5, 5.41) is 23.1. The fraction of sp³-hybridized carbons (Fsp3) is 0.824. The Morgan fingerprint density at radius 2 is 0.676 bits per heavy atom. The van der Waals surface area contributed by atoms with Crippen molar-refractivity contribution in [2.24, 2.45) is 0 Å². The van der Waals surface area contributed by atoms with Crippen LogP contribution in [0.5, 0.6) is 0 Å². The molecule has 0 rings (SSSR count). The molecule has 0 aliphatic rings. The van der Waals surface area contributed by atoms with Crippen LogP contribution in [-0.2, 0) is 14.3 Å². The van der Waals surface area contributed by atoms with E-state index in [1.165, 1.54) is 250 Å². The van der Waals surface area contributed by atoms with Gasteiger partial charge in [-0.05, 0) is 96.3 Å². The summed E-state index contributed by atoms with van der Waals surface area (Å²) in [7, 11) is 0. The highest BCUT2D eigenvalue weighted by Gasteiger charge is 2.18. The average molecular weight is 1040 g/mol. The van der Waals surface area contributed by atoms with E-state index in [9.17, 15) is 19.8 Å². The second kappa shape index (κ2) is 63.1. The second-order valence-electron chi connectivity index (χ2n) is 22.1. The minimum Gasteiger partial charge on any atom is -0.466 e. The molecule has 0 radical (unpaired) electrons. The van der Waals surface area contributed by atoms with Crippen LogP contribution in [0.4, 0.5) is 0 Å². The molecule has 2 atom stereocenters. The van der Waals surface area contributed by atoms with Crippen molar-refractivity contribution in [2.45, 2.75) is 347 Å². The summed E-state index contributed by atoms with van der Waals surface area (Å²) >= 11 is 0. The molecule has 0 spiro atoms. The Balaban J connectivity index is 3.44. The number of carbonyl (C=O) groups excluding carboxylic acids is 2. The Hall–Kier alpha value is -2.44. The maximum atomic E-state index is 12.5. The number of ether oxygens (including phenoxy) is 1. The highest BCUT2D eigenvalue weighted by molar-refractivity contribution is 5.76. The number of amides is 1. The lowest BCUT2D eigenvalue weighted by Gasteiger charge is -2.20. The van der Waals surface area contributed by atoms with E-state index in [2.05, 4.69) is 67.8 Å². The lowest BCUT2D eigenvalue weighted by atomic mass is 10.0. The zero-order valence-electron chi connectivity index (χ0n) is 49.3. The number of aliphatic hydroxyl groups is 2. The van der Waals surface area contributed by atoms with Crippen LogP contribution in [0, 0.1) is 0 Å². The summed E-state index contributed by atoms with van der Waals surface area (Å²) < 4.78 is 5.48. The predicted molar refractivity (Wildman–Crippen MR) is 324 cm³/mol. The molecule has 2 unspecified atom stereocenters. The molecule has 0 heterocycles. The number of esters is 1. The van der Waals surface area contributed by atoms with E-state index < -0.39 is 12.1 Å². The number of hydrogen-bond donors (Lipinski definition) is 3. The van der Waals surface area contributed by atoms with Gasteiger partial charge in [-0.15, -0.1) is 0 Å². The zero-order valence-corrected chi connectivity index (χ0v) is 49.3. The van der Waals surface area contributed by atoms with Crippen molar-refractivity contribution in [3.63, 3.8) is 0 Å². The molecule has 6 nitrogen and oxygen atoms in total. The Morgan fingerprint density at radius 1 is 0.378 bits per heavy atom. The Bertz CT molecular complexity index is 1290. The summed E-state index contributed by atoms with van der Waals surface area (Å²) in [4.78, 5) is 24.5. The summed E-state index contributed by atoms with van der Waals surface area (Å²) in [6.45, 7) is 4.88. The minimum atomic E-state index is -0.847. The first-order chi connectivity index (χ1) is 36.5. The molecule has 0 aromatic carbocycles. The van der Waals surface area contributed by atoms with Gasteiger partial charge in [-0.1, -0.05) is 286 Å². The van der Waals surface area contributed by atoms with E-state index in [4.69, 9.17) is 4.74 Å². The monoisotopic (exact) mass is 1040 g/mol. The number of allylic oxidation sites excluding steroid dienone is 9. The number of rotatable bonds is 60. The van der Waals surface area contributed by atoms with Gasteiger partial charge in [0.15, 0.2) is 0 Å². The van der Waals surface area contributed by atoms with Crippen molar-refractivity contribution in [3.8, 4) is 0 Å². The number of nitrogens with one attached hydrogen (secondary N) is 1. The highest BCUT2D eigenvalue weighted by Crippen LogP contribution is 2.16. The maximum Gasteiger partial charge on any atom is 0.305 e. The van der Waals surface area contributed by atoms with Gasteiger partial charge in [0.25, 0.3) is 0 Å². The first-order valence-electron chi connectivity index (χ1n) is 32.6. The lowest BCUT2D eigenvalue weighted by molar-refractivity contribution is -0.143. The number of unbranched alkanes of at least 4 members (excludes halogenated alkanes) is 41. The quantitative estimate of drug-likeness (QED) is 0.0320. The van der Waals surface area contributed by atoms with Crippen LogP contribution >= 0.6 is 0 Å². The molecule has 0 saturated heterocycles. The molecule has 0 saturated carbocycles. The van der Waals surface area contributed by atoms with E-state index in [1.54, 1.807) is 6.08 Å². The molecular formula is C68H125NO5. The molecule has 74 heavy (non-hydrogen) atoms. The SMILES string of the molecule is CCCCCC/C=C\C/C=C\CCCCCCCC(=O)OCCCCCCCCCCC/C=C\C/C=C\CCCCCCCCCCCCCC(=O)NC(CO)C(O)/C=C/CCCCCCCCCCCCCC. The average Bonchev–Trinajstić information content (AvgIpc) is 3.40. The van der Waals surface area contributed by atoms with Crippen LogP contribution in [0.25, 0.3) is 0 Å². The third-order valence-corrected chi connectivity index (χ3v) is 14.8. The van der Waals surface area contributed by atoms with Crippen molar-refractivity contribution in [1.82, 2.24) is 5.32 Å². The fourth-order valence-corrected chi connectivity index (χ4v) is 9.75.